The topological polar surface area (TPSA) is 52.6 Å². The van der Waals surface area contributed by atoms with Crippen LogP contribution in [0.2, 0.25) is 0 Å². The highest BCUT2D eigenvalue weighted by molar-refractivity contribution is 7.86. The van der Waals surface area contributed by atoms with Gasteiger partial charge in [0.25, 0.3) is 10.1 Å². The largest absolute Gasteiger partial charge is 0.497 e. The molecule has 98 valence electrons. The van der Waals surface area contributed by atoms with Crippen LogP contribution in [0.15, 0.2) is 35.9 Å². The zero-order valence-electron chi connectivity index (χ0n) is 10.4. The maximum absolute atomic E-state index is 11.3. The molecule has 0 saturated carbocycles. The quantitative estimate of drug-likeness (QED) is 0.608. The number of hydrogen-bond acceptors (Lipinski definition) is 4. The second kappa shape index (κ2) is 5.12. The lowest BCUT2D eigenvalue weighted by molar-refractivity contribution is 0.241. The van der Waals surface area contributed by atoms with E-state index >= 15 is 0 Å². The first-order chi connectivity index (χ1) is 8.49. The van der Waals surface area contributed by atoms with E-state index in [1.54, 1.807) is 13.2 Å². The zero-order chi connectivity index (χ0) is 13.2. The van der Waals surface area contributed by atoms with Crippen molar-refractivity contribution in [3.63, 3.8) is 0 Å². The van der Waals surface area contributed by atoms with Gasteiger partial charge in [-0.05, 0) is 36.1 Å². The average molecular weight is 268 g/mol. The summed E-state index contributed by atoms with van der Waals surface area (Å²) in [5, 5.41) is 0. The van der Waals surface area contributed by atoms with Crippen molar-refractivity contribution < 1.29 is 17.3 Å². The van der Waals surface area contributed by atoms with E-state index in [0.29, 0.717) is 5.75 Å². The van der Waals surface area contributed by atoms with Crippen molar-refractivity contribution in [1.29, 1.82) is 0 Å². The van der Waals surface area contributed by atoms with Crippen molar-refractivity contribution in [2.45, 2.75) is 18.9 Å². The van der Waals surface area contributed by atoms with Crippen LogP contribution in [0.25, 0.3) is 0 Å². The molecule has 0 N–H and O–H groups in total. The molecular weight excluding hydrogens is 252 g/mol. The second-order valence-corrected chi connectivity index (χ2v) is 5.88. The van der Waals surface area contributed by atoms with Crippen molar-refractivity contribution in [1.82, 2.24) is 0 Å². The van der Waals surface area contributed by atoms with E-state index in [9.17, 15) is 8.42 Å². The summed E-state index contributed by atoms with van der Waals surface area (Å²) in [6.07, 6.45) is 4.40. The first-order valence-electron chi connectivity index (χ1n) is 5.71. The molecule has 0 aliphatic heterocycles. The molecule has 4 nitrogen and oxygen atoms in total. The smallest absolute Gasteiger partial charge is 0.265 e. The van der Waals surface area contributed by atoms with Crippen molar-refractivity contribution in [2.24, 2.45) is 0 Å². The minimum absolute atomic E-state index is 0.524. The predicted molar refractivity (Wildman–Crippen MR) is 69.0 cm³/mol. The third-order valence-electron chi connectivity index (χ3n) is 2.84. The predicted octanol–water partition coefficient (Wildman–Crippen LogP) is 2.43. The summed E-state index contributed by atoms with van der Waals surface area (Å²) in [6.45, 7) is 0. The maximum Gasteiger partial charge on any atom is 0.265 e. The van der Waals surface area contributed by atoms with Gasteiger partial charge in [0.1, 0.15) is 11.9 Å². The minimum Gasteiger partial charge on any atom is -0.497 e. The number of methoxy groups -OCH3 is 1. The number of rotatable bonds is 5. The van der Waals surface area contributed by atoms with Gasteiger partial charge in [0.2, 0.25) is 0 Å². The SMILES string of the molecule is COc1cccc(C(OS(C)(=O)=O)C2=CCC2)c1. The Bertz CT molecular complexity index is 560. The summed E-state index contributed by atoms with van der Waals surface area (Å²) < 4.78 is 33.0. The van der Waals surface area contributed by atoms with Crippen LogP contribution >= 0.6 is 0 Å². The molecule has 1 aliphatic carbocycles. The molecule has 0 spiro atoms. The molecule has 0 saturated heterocycles. The molecule has 0 aromatic heterocycles. The number of hydrogen-bond donors (Lipinski definition) is 0. The molecular formula is C13H16O4S. The summed E-state index contributed by atoms with van der Waals surface area (Å²) in [6, 6.07) is 7.29. The number of allylic oxidation sites excluding steroid dienone is 1. The molecule has 0 heterocycles. The lowest BCUT2D eigenvalue weighted by Gasteiger charge is -2.25. The third kappa shape index (κ3) is 3.11. The van der Waals surface area contributed by atoms with Gasteiger partial charge in [0.15, 0.2) is 0 Å². The molecule has 1 unspecified atom stereocenters. The van der Waals surface area contributed by atoms with Gasteiger partial charge in [-0.2, -0.15) is 8.42 Å². The van der Waals surface area contributed by atoms with Crippen molar-refractivity contribution in [2.75, 3.05) is 13.4 Å². The highest BCUT2D eigenvalue weighted by Crippen LogP contribution is 2.36. The van der Waals surface area contributed by atoms with Crippen molar-refractivity contribution in [3.8, 4) is 5.75 Å². The molecule has 2 rings (SSSR count). The monoisotopic (exact) mass is 268 g/mol. The summed E-state index contributed by atoms with van der Waals surface area (Å²) in [5.74, 6) is 0.689. The molecule has 1 aromatic rings. The van der Waals surface area contributed by atoms with Gasteiger partial charge in [-0.15, -0.1) is 0 Å². The Morgan fingerprint density at radius 1 is 1.33 bits per heavy atom. The molecule has 18 heavy (non-hydrogen) atoms. The van der Waals surface area contributed by atoms with Gasteiger partial charge in [-0.1, -0.05) is 18.2 Å². The highest BCUT2D eigenvalue weighted by Gasteiger charge is 2.25. The zero-order valence-corrected chi connectivity index (χ0v) is 11.2. The van der Waals surface area contributed by atoms with E-state index in [4.69, 9.17) is 8.92 Å². The van der Waals surface area contributed by atoms with Gasteiger partial charge in [0.05, 0.1) is 13.4 Å². The van der Waals surface area contributed by atoms with E-state index in [1.165, 1.54) is 0 Å². The number of benzene rings is 1. The van der Waals surface area contributed by atoms with Crippen LogP contribution in [0.1, 0.15) is 24.5 Å². The van der Waals surface area contributed by atoms with Gasteiger partial charge < -0.3 is 4.74 Å². The summed E-state index contributed by atoms with van der Waals surface area (Å²) in [5.41, 5.74) is 1.81. The van der Waals surface area contributed by atoms with E-state index in [-0.39, 0.29) is 0 Å². The molecule has 1 aromatic carbocycles. The van der Waals surface area contributed by atoms with Gasteiger partial charge in [-0.3, -0.25) is 4.18 Å². The molecule has 5 heteroatoms. The fourth-order valence-electron chi connectivity index (χ4n) is 1.86. The van der Waals surface area contributed by atoms with Crippen LogP contribution in [-0.2, 0) is 14.3 Å². The summed E-state index contributed by atoms with van der Waals surface area (Å²) in [4.78, 5) is 0. The van der Waals surface area contributed by atoms with Crippen LogP contribution < -0.4 is 4.74 Å². The molecule has 1 atom stereocenters. The van der Waals surface area contributed by atoms with Crippen LogP contribution in [-0.4, -0.2) is 21.8 Å². The maximum atomic E-state index is 11.3. The Labute approximate surface area is 107 Å². The van der Waals surface area contributed by atoms with Gasteiger partial charge in [-0.25, -0.2) is 0 Å². The Morgan fingerprint density at radius 2 is 2.06 bits per heavy atom. The van der Waals surface area contributed by atoms with Gasteiger partial charge >= 0.3 is 0 Å². The van der Waals surface area contributed by atoms with E-state index in [1.807, 2.05) is 24.3 Å². The first-order valence-corrected chi connectivity index (χ1v) is 7.52. The van der Waals surface area contributed by atoms with Crippen molar-refractivity contribution >= 4 is 10.1 Å². The van der Waals surface area contributed by atoms with E-state index in [0.717, 1.165) is 30.2 Å². The van der Waals surface area contributed by atoms with Crippen LogP contribution in [0.3, 0.4) is 0 Å². The Kier molecular flexibility index (Phi) is 3.73. The molecule has 0 amide bonds. The fourth-order valence-corrected chi connectivity index (χ4v) is 2.44. The Morgan fingerprint density at radius 3 is 2.56 bits per heavy atom. The van der Waals surface area contributed by atoms with Gasteiger partial charge in [0, 0.05) is 0 Å². The lowest BCUT2D eigenvalue weighted by Crippen LogP contribution is -2.15. The molecule has 1 aliphatic rings. The second-order valence-electron chi connectivity index (χ2n) is 4.27. The van der Waals surface area contributed by atoms with E-state index < -0.39 is 16.2 Å². The molecule has 0 bridgehead atoms. The van der Waals surface area contributed by atoms with Crippen molar-refractivity contribution in [3.05, 3.63) is 41.5 Å². The standard InChI is InChI=1S/C13H16O4S/c1-16-12-8-4-7-11(9-12)13(10-5-3-6-10)17-18(2,14)15/h4-5,7-9,13H,3,6H2,1-2H3. The molecule has 0 radical (unpaired) electrons. The van der Waals surface area contributed by atoms with E-state index in [2.05, 4.69) is 0 Å². The highest BCUT2D eigenvalue weighted by atomic mass is 32.2. The fraction of sp³-hybridized carbons (Fsp3) is 0.385. The minimum atomic E-state index is -3.49. The molecule has 0 fully saturated rings. The van der Waals surface area contributed by atoms with Crippen LogP contribution in [0, 0.1) is 0 Å². The average Bonchev–Trinajstić information content (AvgIpc) is 2.24. The lowest BCUT2D eigenvalue weighted by atomic mass is 9.90. The van der Waals surface area contributed by atoms with Crippen LogP contribution in [0.5, 0.6) is 5.75 Å². The number of ether oxygens (including phenoxy) is 1. The third-order valence-corrected chi connectivity index (χ3v) is 3.39. The Hall–Kier alpha value is -1.33. The Balaban J connectivity index is 2.33. The summed E-state index contributed by atoms with van der Waals surface area (Å²) in [7, 11) is -1.92. The summed E-state index contributed by atoms with van der Waals surface area (Å²) >= 11 is 0. The normalized spacial score (nSPS) is 16.7. The first kappa shape index (κ1) is 13.1. The van der Waals surface area contributed by atoms with Crippen LogP contribution in [0.4, 0.5) is 0 Å².